The summed E-state index contributed by atoms with van der Waals surface area (Å²) < 4.78 is 0. The average Bonchev–Trinajstić information content (AvgIpc) is 3.16. The number of rotatable bonds is 3. The number of para-hydroxylation sites is 1. The molecule has 2 aliphatic rings. The second kappa shape index (κ2) is 6.32. The highest BCUT2D eigenvalue weighted by molar-refractivity contribution is 6.49. The fourth-order valence-electron chi connectivity index (χ4n) is 3.58. The number of hydrogen-bond acceptors (Lipinski definition) is 5. The van der Waals surface area contributed by atoms with E-state index in [0.717, 1.165) is 10.5 Å². The quantitative estimate of drug-likeness (QED) is 0.766. The Bertz CT molecular complexity index is 1000. The van der Waals surface area contributed by atoms with Crippen LogP contribution in [0.2, 0.25) is 5.02 Å². The first-order chi connectivity index (χ1) is 12.9. The molecule has 2 aliphatic heterocycles. The molecule has 0 bridgehead atoms. The molecule has 2 atom stereocenters. The van der Waals surface area contributed by atoms with Crippen molar-refractivity contribution in [3.8, 4) is 0 Å². The van der Waals surface area contributed by atoms with Crippen molar-refractivity contribution in [2.45, 2.75) is 19.9 Å². The van der Waals surface area contributed by atoms with Gasteiger partial charge in [0.05, 0.1) is 11.4 Å². The molecule has 0 spiro atoms. The average molecular weight is 382 g/mol. The number of ketones is 1. The Balaban J connectivity index is 1.85. The number of carbonyl (C=O) groups excluding carboxylic acids is 3. The van der Waals surface area contributed by atoms with Gasteiger partial charge in [0.2, 0.25) is 5.91 Å². The van der Waals surface area contributed by atoms with Crippen molar-refractivity contribution in [1.82, 2.24) is 0 Å². The van der Waals surface area contributed by atoms with Crippen LogP contribution in [-0.2, 0) is 14.4 Å². The number of fused-ring (bicyclic) bond motifs is 1. The number of imide groups is 1. The molecule has 2 amide bonds. The summed E-state index contributed by atoms with van der Waals surface area (Å²) in [7, 11) is 0. The van der Waals surface area contributed by atoms with Gasteiger partial charge in [-0.2, -0.15) is 5.10 Å². The molecule has 136 valence electrons. The van der Waals surface area contributed by atoms with E-state index < -0.39 is 23.8 Å². The third-order valence-corrected chi connectivity index (χ3v) is 5.32. The van der Waals surface area contributed by atoms with Crippen LogP contribution in [0.15, 0.2) is 53.6 Å². The zero-order valence-electron chi connectivity index (χ0n) is 14.7. The van der Waals surface area contributed by atoms with E-state index in [1.165, 1.54) is 11.9 Å². The van der Waals surface area contributed by atoms with E-state index in [-0.39, 0.29) is 11.5 Å². The Morgan fingerprint density at radius 1 is 1.04 bits per heavy atom. The lowest BCUT2D eigenvalue weighted by Crippen LogP contribution is -2.39. The predicted octanol–water partition coefficient (Wildman–Crippen LogP) is 2.97. The van der Waals surface area contributed by atoms with E-state index in [1.54, 1.807) is 48.5 Å². The molecular weight excluding hydrogens is 366 g/mol. The minimum Gasteiger partial charge on any atom is -0.293 e. The monoisotopic (exact) mass is 381 g/mol. The Morgan fingerprint density at radius 2 is 1.74 bits per heavy atom. The van der Waals surface area contributed by atoms with Gasteiger partial charge >= 0.3 is 0 Å². The summed E-state index contributed by atoms with van der Waals surface area (Å²) in [6.45, 7) is 3.16. The first-order valence-corrected chi connectivity index (χ1v) is 8.86. The molecule has 2 aromatic rings. The highest BCUT2D eigenvalue weighted by Crippen LogP contribution is 2.39. The normalized spacial score (nSPS) is 21.5. The Kier molecular flexibility index (Phi) is 4.08. The molecule has 0 saturated carbocycles. The van der Waals surface area contributed by atoms with Crippen LogP contribution < -0.4 is 9.91 Å². The molecule has 2 heterocycles. The van der Waals surface area contributed by atoms with Gasteiger partial charge in [0.1, 0.15) is 17.7 Å². The van der Waals surface area contributed by atoms with Gasteiger partial charge in [-0.25, -0.2) is 4.90 Å². The van der Waals surface area contributed by atoms with E-state index >= 15 is 0 Å². The molecular formula is C20H16ClN3O3. The zero-order chi connectivity index (χ0) is 19.3. The lowest BCUT2D eigenvalue weighted by atomic mass is 9.95. The SMILES string of the molecule is CC(=O)C1=NN(c2cccc(Cl)c2C)[C@@H]2C(=O)N(c3ccccc3)C(=O)[C@@H]12. The van der Waals surface area contributed by atoms with Gasteiger partial charge in [-0.3, -0.25) is 19.4 Å². The standard InChI is InChI=1S/C20H16ClN3O3/c1-11-14(21)9-6-10-15(11)24-18-16(17(22-24)12(2)25)19(26)23(20(18)27)13-7-4-3-5-8-13/h3-10,16,18H,1-2H3/t16-,18-/m0/s1. The first-order valence-electron chi connectivity index (χ1n) is 8.48. The minimum absolute atomic E-state index is 0.0937. The number of hydrogen-bond donors (Lipinski definition) is 0. The largest absolute Gasteiger partial charge is 0.293 e. The maximum Gasteiger partial charge on any atom is 0.259 e. The van der Waals surface area contributed by atoms with Gasteiger partial charge < -0.3 is 0 Å². The van der Waals surface area contributed by atoms with Crippen molar-refractivity contribution in [2.24, 2.45) is 11.0 Å². The van der Waals surface area contributed by atoms with Gasteiger partial charge in [-0.05, 0) is 36.8 Å². The number of amides is 2. The van der Waals surface area contributed by atoms with Crippen molar-refractivity contribution < 1.29 is 14.4 Å². The minimum atomic E-state index is -0.923. The summed E-state index contributed by atoms with van der Waals surface area (Å²) in [4.78, 5) is 39.5. The van der Waals surface area contributed by atoms with Gasteiger partial charge in [0.25, 0.3) is 5.91 Å². The smallest absolute Gasteiger partial charge is 0.259 e. The van der Waals surface area contributed by atoms with Crippen LogP contribution in [0.25, 0.3) is 0 Å². The second-order valence-corrected chi connectivity index (χ2v) is 6.95. The summed E-state index contributed by atoms with van der Waals surface area (Å²) in [5.41, 5.74) is 1.90. The van der Waals surface area contributed by atoms with Crippen molar-refractivity contribution >= 4 is 46.3 Å². The number of benzene rings is 2. The topological polar surface area (TPSA) is 70.1 Å². The van der Waals surface area contributed by atoms with Crippen molar-refractivity contribution in [3.63, 3.8) is 0 Å². The molecule has 4 rings (SSSR count). The maximum atomic E-state index is 13.2. The molecule has 0 aliphatic carbocycles. The Morgan fingerprint density at radius 3 is 2.41 bits per heavy atom. The summed E-state index contributed by atoms with van der Waals surface area (Å²) in [5.74, 6) is -2.10. The van der Waals surface area contributed by atoms with E-state index in [4.69, 9.17) is 11.6 Å². The molecule has 2 aromatic carbocycles. The fraction of sp³-hybridized carbons (Fsp3) is 0.200. The van der Waals surface area contributed by atoms with Crippen LogP contribution >= 0.6 is 11.6 Å². The molecule has 0 N–H and O–H groups in total. The van der Waals surface area contributed by atoms with Crippen molar-refractivity contribution in [2.75, 3.05) is 9.91 Å². The molecule has 0 aromatic heterocycles. The molecule has 6 nitrogen and oxygen atoms in total. The number of halogens is 1. The predicted molar refractivity (Wildman–Crippen MR) is 103 cm³/mol. The van der Waals surface area contributed by atoms with Crippen LogP contribution in [0.4, 0.5) is 11.4 Å². The number of carbonyl (C=O) groups is 3. The zero-order valence-corrected chi connectivity index (χ0v) is 15.5. The summed E-state index contributed by atoms with van der Waals surface area (Å²) in [5, 5.41) is 6.33. The second-order valence-electron chi connectivity index (χ2n) is 6.54. The van der Waals surface area contributed by atoms with Gasteiger partial charge in [0.15, 0.2) is 5.78 Å². The highest BCUT2D eigenvalue weighted by atomic mass is 35.5. The fourth-order valence-corrected chi connectivity index (χ4v) is 3.75. The van der Waals surface area contributed by atoms with Gasteiger partial charge in [-0.1, -0.05) is 35.9 Å². The third kappa shape index (κ3) is 2.56. The number of nitrogens with zero attached hydrogens (tertiary/aromatic N) is 3. The van der Waals surface area contributed by atoms with E-state index in [1.807, 2.05) is 6.92 Å². The van der Waals surface area contributed by atoms with Crippen LogP contribution in [0.3, 0.4) is 0 Å². The van der Waals surface area contributed by atoms with E-state index in [9.17, 15) is 14.4 Å². The van der Waals surface area contributed by atoms with E-state index in [0.29, 0.717) is 16.4 Å². The molecule has 7 heteroatoms. The number of anilines is 2. The lowest BCUT2D eigenvalue weighted by Gasteiger charge is -2.24. The van der Waals surface area contributed by atoms with Crippen LogP contribution in [0.5, 0.6) is 0 Å². The highest BCUT2D eigenvalue weighted by Gasteiger charge is 2.58. The van der Waals surface area contributed by atoms with Crippen LogP contribution in [0.1, 0.15) is 12.5 Å². The Hall–Kier alpha value is -2.99. The van der Waals surface area contributed by atoms with E-state index in [2.05, 4.69) is 5.10 Å². The van der Waals surface area contributed by atoms with Crippen molar-refractivity contribution in [3.05, 3.63) is 59.1 Å². The molecule has 0 radical (unpaired) electrons. The molecule has 1 fully saturated rings. The molecule has 1 saturated heterocycles. The molecule has 27 heavy (non-hydrogen) atoms. The van der Waals surface area contributed by atoms with Gasteiger partial charge in [0, 0.05) is 11.9 Å². The van der Waals surface area contributed by atoms with Crippen LogP contribution in [-0.4, -0.2) is 29.4 Å². The lowest BCUT2D eigenvalue weighted by molar-refractivity contribution is -0.122. The number of hydrazone groups is 1. The molecule has 0 unspecified atom stereocenters. The summed E-state index contributed by atoms with van der Waals surface area (Å²) >= 11 is 6.22. The third-order valence-electron chi connectivity index (χ3n) is 4.91. The number of Topliss-reactive ketones (excluding diaryl/α,β-unsaturated/α-hetero) is 1. The first kappa shape index (κ1) is 17.4. The maximum absolute atomic E-state index is 13.2. The summed E-state index contributed by atoms with van der Waals surface area (Å²) in [6.07, 6.45) is 0. The van der Waals surface area contributed by atoms with Crippen LogP contribution in [0, 0.1) is 12.8 Å². The Labute approximate surface area is 161 Å². The van der Waals surface area contributed by atoms with Crippen molar-refractivity contribution in [1.29, 1.82) is 0 Å². The van der Waals surface area contributed by atoms with Gasteiger partial charge in [-0.15, -0.1) is 0 Å². The summed E-state index contributed by atoms with van der Waals surface area (Å²) in [6, 6.07) is 13.1.